The Kier molecular flexibility index (Phi) is 6.76. The third-order valence-corrected chi connectivity index (χ3v) is 2.59. The highest BCUT2D eigenvalue weighted by atomic mass is 16.8. The van der Waals surface area contributed by atoms with Gasteiger partial charge in [0.2, 0.25) is 6.29 Å². The van der Waals surface area contributed by atoms with Gasteiger partial charge in [-0.3, -0.25) is 4.79 Å². The summed E-state index contributed by atoms with van der Waals surface area (Å²) < 4.78 is 30.7. The summed E-state index contributed by atoms with van der Waals surface area (Å²) in [7, 11) is 7.97. The monoisotopic (exact) mass is 252 g/mol. The summed E-state index contributed by atoms with van der Waals surface area (Å²) in [5, 5.41) is 0. The minimum atomic E-state index is -1.81. The summed E-state index contributed by atoms with van der Waals surface area (Å²) in [4.78, 5) is 11.3. The molecule has 17 heavy (non-hydrogen) atoms. The van der Waals surface area contributed by atoms with E-state index in [0.717, 1.165) is 0 Å². The molecular formula is C10H20O7. The highest BCUT2D eigenvalue weighted by Crippen LogP contribution is 2.34. The van der Waals surface area contributed by atoms with Gasteiger partial charge in [-0.25, -0.2) is 0 Å². The zero-order chi connectivity index (χ0) is 13.5. The molecule has 0 aromatic rings. The van der Waals surface area contributed by atoms with Crippen LogP contribution in [0, 0.1) is 0 Å². The summed E-state index contributed by atoms with van der Waals surface area (Å²) in [5.74, 6) is -3.51. The number of hydrogen-bond donors (Lipinski definition) is 0. The van der Waals surface area contributed by atoms with E-state index in [2.05, 4.69) is 0 Å². The Bertz CT molecular complexity index is 219. The molecule has 0 aliphatic rings. The smallest absolute Gasteiger partial charge is 0.287 e. The van der Waals surface area contributed by atoms with Crippen LogP contribution < -0.4 is 0 Å². The lowest BCUT2D eigenvalue weighted by Crippen LogP contribution is -2.67. The maximum absolute atomic E-state index is 11.3. The van der Waals surface area contributed by atoms with Crippen LogP contribution in [0.25, 0.3) is 0 Å². The maximum atomic E-state index is 11.3. The van der Waals surface area contributed by atoms with E-state index < -0.39 is 17.9 Å². The second kappa shape index (κ2) is 7.00. The van der Waals surface area contributed by atoms with Crippen molar-refractivity contribution in [2.45, 2.75) is 17.9 Å². The highest BCUT2D eigenvalue weighted by Gasteiger charge is 2.61. The van der Waals surface area contributed by atoms with E-state index in [0.29, 0.717) is 6.29 Å². The standard InChI is InChI=1S/C10H20O7/c1-12-8(13-2)10(16-5,17-6)9(7-11,14-3)15-4/h7-8H,1-6H3. The van der Waals surface area contributed by atoms with Crippen molar-refractivity contribution in [1.29, 1.82) is 0 Å². The molecule has 0 N–H and O–H groups in total. The van der Waals surface area contributed by atoms with Crippen LogP contribution in [0.2, 0.25) is 0 Å². The molecule has 7 heteroatoms. The van der Waals surface area contributed by atoms with Gasteiger partial charge in [0.15, 0.2) is 6.29 Å². The van der Waals surface area contributed by atoms with Crippen LogP contribution in [0.15, 0.2) is 0 Å². The first-order chi connectivity index (χ1) is 8.07. The first-order valence-corrected chi connectivity index (χ1v) is 4.80. The number of hydrogen-bond acceptors (Lipinski definition) is 7. The largest absolute Gasteiger partial charge is 0.351 e. The average Bonchev–Trinajstić information content (AvgIpc) is 2.40. The number of rotatable bonds is 9. The highest BCUT2D eigenvalue weighted by molar-refractivity contribution is 5.62. The van der Waals surface area contributed by atoms with E-state index >= 15 is 0 Å². The van der Waals surface area contributed by atoms with Crippen molar-refractivity contribution in [3.05, 3.63) is 0 Å². The normalized spacial score (nSPS) is 13.1. The first-order valence-electron chi connectivity index (χ1n) is 4.80. The summed E-state index contributed by atoms with van der Waals surface area (Å²) >= 11 is 0. The summed E-state index contributed by atoms with van der Waals surface area (Å²) in [6.45, 7) is 0. The zero-order valence-corrected chi connectivity index (χ0v) is 11.0. The fourth-order valence-corrected chi connectivity index (χ4v) is 1.68. The first kappa shape index (κ1) is 16.4. The molecule has 0 aliphatic heterocycles. The number of methoxy groups -OCH3 is 6. The molecule has 0 aliphatic carbocycles. The molecule has 0 unspecified atom stereocenters. The Balaban J connectivity index is 5.64. The van der Waals surface area contributed by atoms with Gasteiger partial charge >= 0.3 is 0 Å². The molecule has 0 spiro atoms. The van der Waals surface area contributed by atoms with E-state index in [-0.39, 0.29) is 0 Å². The van der Waals surface area contributed by atoms with Crippen LogP contribution in [0.3, 0.4) is 0 Å². The summed E-state index contributed by atoms with van der Waals surface area (Å²) in [5.41, 5.74) is 0. The molecule has 0 amide bonds. The molecule has 0 heterocycles. The van der Waals surface area contributed by atoms with Gasteiger partial charge in [0.25, 0.3) is 11.6 Å². The van der Waals surface area contributed by atoms with Gasteiger partial charge in [-0.2, -0.15) is 0 Å². The topological polar surface area (TPSA) is 72.5 Å². The third-order valence-electron chi connectivity index (χ3n) is 2.59. The average molecular weight is 252 g/mol. The van der Waals surface area contributed by atoms with Crippen molar-refractivity contribution in [2.75, 3.05) is 42.7 Å². The van der Waals surface area contributed by atoms with E-state index in [1.807, 2.05) is 0 Å². The van der Waals surface area contributed by atoms with Gasteiger partial charge < -0.3 is 28.4 Å². The Labute approximate surface area is 101 Å². The number of aldehydes is 1. The molecule has 7 nitrogen and oxygen atoms in total. The SMILES string of the molecule is COC(OC)C(OC)(OC)C(C=O)(OC)OC. The minimum absolute atomic E-state index is 0.422. The lowest BCUT2D eigenvalue weighted by Gasteiger charge is -2.44. The van der Waals surface area contributed by atoms with Gasteiger partial charge in [-0.1, -0.05) is 0 Å². The molecule has 0 saturated carbocycles. The maximum Gasteiger partial charge on any atom is 0.287 e. The fourth-order valence-electron chi connectivity index (χ4n) is 1.68. The van der Waals surface area contributed by atoms with E-state index in [1.54, 1.807) is 0 Å². The second-order valence-corrected chi connectivity index (χ2v) is 3.07. The Morgan fingerprint density at radius 3 is 1.41 bits per heavy atom. The Hall–Kier alpha value is -0.570. The molecule has 102 valence electrons. The lowest BCUT2D eigenvalue weighted by molar-refractivity contribution is -0.422. The number of carbonyl (C=O) groups is 1. The molecule has 0 fully saturated rings. The zero-order valence-electron chi connectivity index (χ0n) is 11.0. The molecule has 0 radical (unpaired) electrons. The van der Waals surface area contributed by atoms with Crippen LogP contribution in [0.4, 0.5) is 0 Å². The summed E-state index contributed by atoms with van der Waals surface area (Å²) in [6.07, 6.45) is -0.604. The van der Waals surface area contributed by atoms with Gasteiger partial charge in [-0.05, 0) is 0 Å². The lowest BCUT2D eigenvalue weighted by atomic mass is 10.1. The minimum Gasteiger partial charge on any atom is -0.351 e. The predicted molar refractivity (Wildman–Crippen MR) is 57.4 cm³/mol. The van der Waals surface area contributed by atoms with E-state index in [9.17, 15) is 4.79 Å². The molecule has 0 rings (SSSR count). The van der Waals surface area contributed by atoms with Gasteiger partial charge in [0.1, 0.15) is 0 Å². The number of carbonyl (C=O) groups excluding carboxylic acids is 1. The molecule has 0 aromatic carbocycles. The fraction of sp³-hybridized carbons (Fsp3) is 0.900. The van der Waals surface area contributed by atoms with Crippen molar-refractivity contribution < 1.29 is 33.2 Å². The Morgan fingerprint density at radius 1 is 0.824 bits per heavy atom. The molecular weight excluding hydrogens is 232 g/mol. The summed E-state index contributed by atoms with van der Waals surface area (Å²) in [6, 6.07) is 0. The van der Waals surface area contributed by atoms with Crippen molar-refractivity contribution >= 4 is 6.29 Å². The Morgan fingerprint density at radius 2 is 1.24 bits per heavy atom. The van der Waals surface area contributed by atoms with Crippen molar-refractivity contribution in [3.63, 3.8) is 0 Å². The van der Waals surface area contributed by atoms with Gasteiger partial charge in [0, 0.05) is 42.7 Å². The molecule has 0 atom stereocenters. The van der Waals surface area contributed by atoms with Crippen molar-refractivity contribution in [1.82, 2.24) is 0 Å². The number of ether oxygens (including phenoxy) is 6. The third kappa shape index (κ3) is 2.49. The molecule has 0 saturated heterocycles. The van der Waals surface area contributed by atoms with Gasteiger partial charge in [0.05, 0.1) is 0 Å². The van der Waals surface area contributed by atoms with Crippen LogP contribution in [0.5, 0.6) is 0 Å². The molecule has 0 aromatic heterocycles. The van der Waals surface area contributed by atoms with Gasteiger partial charge in [-0.15, -0.1) is 0 Å². The second-order valence-electron chi connectivity index (χ2n) is 3.07. The van der Waals surface area contributed by atoms with E-state index in [1.165, 1.54) is 42.7 Å². The van der Waals surface area contributed by atoms with E-state index in [4.69, 9.17) is 28.4 Å². The molecule has 0 bridgehead atoms. The quantitative estimate of drug-likeness (QED) is 0.415. The predicted octanol–water partition coefficient (Wildman–Crippen LogP) is -0.218. The van der Waals surface area contributed by atoms with Crippen LogP contribution in [-0.2, 0) is 33.2 Å². The van der Waals surface area contributed by atoms with Crippen LogP contribution >= 0.6 is 0 Å². The van der Waals surface area contributed by atoms with Crippen LogP contribution in [0.1, 0.15) is 0 Å². The van der Waals surface area contributed by atoms with Crippen molar-refractivity contribution in [3.8, 4) is 0 Å². The van der Waals surface area contributed by atoms with Crippen molar-refractivity contribution in [2.24, 2.45) is 0 Å². The van der Waals surface area contributed by atoms with Crippen LogP contribution in [-0.4, -0.2) is 66.8 Å².